The summed E-state index contributed by atoms with van der Waals surface area (Å²) in [6, 6.07) is 0. The Labute approximate surface area is 114 Å². The molecule has 1 aliphatic heterocycles. The van der Waals surface area contributed by atoms with Crippen molar-refractivity contribution in [1.29, 1.82) is 0 Å². The molecule has 1 saturated carbocycles. The van der Waals surface area contributed by atoms with Gasteiger partial charge in [-0.3, -0.25) is 4.90 Å². The first-order chi connectivity index (χ1) is 8.88. The molecule has 0 aromatic heterocycles. The van der Waals surface area contributed by atoms with E-state index in [1.165, 1.54) is 6.42 Å². The van der Waals surface area contributed by atoms with Crippen LogP contribution in [-0.2, 0) is 14.3 Å². The van der Waals surface area contributed by atoms with Gasteiger partial charge in [-0.25, -0.2) is 4.79 Å². The number of hydrogen-bond acceptors (Lipinski definition) is 4. The van der Waals surface area contributed by atoms with Gasteiger partial charge >= 0.3 is 6.09 Å². The Kier molecular flexibility index (Phi) is 3.85. The molecule has 1 saturated heterocycles. The van der Waals surface area contributed by atoms with Gasteiger partial charge in [0.25, 0.3) is 0 Å². The first-order valence-corrected chi connectivity index (χ1v) is 6.93. The number of carbonyl (C=O) groups is 2. The molecule has 5 nitrogen and oxygen atoms in total. The van der Waals surface area contributed by atoms with E-state index >= 15 is 0 Å². The lowest BCUT2D eigenvalue weighted by molar-refractivity contribution is -0.237. The van der Waals surface area contributed by atoms with E-state index in [9.17, 15) is 9.59 Å². The fourth-order valence-electron chi connectivity index (χ4n) is 2.73. The van der Waals surface area contributed by atoms with Crippen molar-refractivity contribution in [1.82, 2.24) is 4.90 Å². The summed E-state index contributed by atoms with van der Waals surface area (Å²) in [4.78, 5) is 24.1. The largest absolute Gasteiger partial charge is 0.444 e. The lowest BCUT2D eigenvalue weighted by Gasteiger charge is -2.60. The average molecular weight is 269 g/mol. The maximum Gasteiger partial charge on any atom is 0.412 e. The molecule has 5 heteroatoms. The van der Waals surface area contributed by atoms with Crippen LogP contribution in [0.15, 0.2) is 0 Å². The molecule has 2 rings (SSSR count). The maximum atomic E-state index is 12.1. The maximum absolute atomic E-state index is 12.1. The van der Waals surface area contributed by atoms with Crippen molar-refractivity contribution in [3.8, 4) is 0 Å². The van der Waals surface area contributed by atoms with Crippen molar-refractivity contribution < 1.29 is 19.1 Å². The first-order valence-electron chi connectivity index (χ1n) is 6.93. The van der Waals surface area contributed by atoms with Crippen LogP contribution in [0.4, 0.5) is 4.79 Å². The van der Waals surface area contributed by atoms with Gasteiger partial charge in [0.2, 0.25) is 0 Å². The molecule has 0 radical (unpaired) electrons. The topological polar surface area (TPSA) is 55.8 Å². The zero-order valence-corrected chi connectivity index (χ0v) is 12.0. The van der Waals surface area contributed by atoms with Crippen LogP contribution in [0.3, 0.4) is 0 Å². The van der Waals surface area contributed by atoms with E-state index in [2.05, 4.69) is 0 Å². The van der Waals surface area contributed by atoms with Crippen LogP contribution >= 0.6 is 0 Å². The van der Waals surface area contributed by atoms with Gasteiger partial charge in [-0.15, -0.1) is 0 Å². The van der Waals surface area contributed by atoms with E-state index in [1.54, 1.807) is 4.90 Å². The molecular weight excluding hydrogens is 246 g/mol. The van der Waals surface area contributed by atoms with Gasteiger partial charge in [0, 0.05) is 18.4 Å². The second-order valence-corrected chi connectivity index (χ2v) is 6.50. The van der Waals surface area contributed by atoms with Crippen molar-refractivity contribution in [3.05, 3.63) is 0 Å². The van der Waals surface area contributed by atoms with E-state index < -0.39 is 5.60 Å². The molecule has 1 spiro atoms. The third kappa shape index (κ3) is 2.91. The van der Waals surface area contributed by atoms with Crippen molar-refractivity contribution in [2.45, 2.75) is 58.3 Å². The summed E-state index contributed by atoms with van der Waals surface area (Å²) in [7, 11) is 0. The van der Waals surface area contributed by atoms with E-state index in [0.29, 0.717) is 19.6 Å². The van der Waals surface area contributed by atoms with Gasteiger partial charge in [0.15, 0.2) is 0 Å². The average Bonchev–Trinajstić information content (AvgIpc) is 2.18. The first kappa shape index (κ1) is 14.3. The second kappa shape index (κ2) is 5.12. The molecular formula is C14H23NO4. The zero-order chi connectivity index (χ0) is 14.1. The summed E-state index contributed by atoms with van der Waals surface area (Å²) in [6.07, 6.45) is 4.06. The molecule has 1 unspecified atom stereocenters. The molecule has 0 aromatic carbocycles. The number of aldehydes is 1. The van der Waals surface area contributed by atoms with Crippen LogP contribution in [0.2, 0.25) is 0 Å². The highest BCUT2D eigenvalue weighted by Gasteiger charge is 2.59. The normalized spacial score (nSPS) is 24.6. The molecule has 0 N–H and O–H groups in total. The Hall–Kier alpha value is -1.10. The van der Waals surface area contributed by atoms with Crippen LogP contribution in [-0.4, -0.2) is 42.3 Å². The number of amides is 1. The van der Waals surface area contributed by atoms with Crippen LogP contribution in [0.1, 0.15) is 46.5 Å². The second-order valence-electron chi connectivity index (χ2n) is 6.50. The minimum atomic E-state index is -0.493. The monoisotopic (exact) mass is 269 g/mol. The molecule has 2 fully saturated rings. The Morgan fingerprint density at radius 2 is 2.11 bits per heavy atom. The van der Waals surface area contributed by atoms with E-state index in [1.807, 2.05) is 20.8 Å². The standard InChI is InChI=1S/C14H23NO4/c1-13(2,3)19-12(17)15-10-14(6-4-7-14)11(15)18-9-5-8-16/h8,11H,4-7,9-10H2,1-3H3. The van der Waals surface area contributed by atoms with Crippen LogP contribution < -0.4 is 0 Å². The number of hydrogen-bond donors (Lipinski definition) is 0. The molecule has 108 valence electrons. The summed E-state index contributed by atoms with van der Waals surface area (Å²) < 4.78 is 11.1. The Morgan fingerprint density at radius 1 is 1.42 bits per heavy atom. The minimum Gasteiger partial charge on any atom is -0.444 e. The summed E-state index contributed by atoms with van der Waals surface area (Å²) >= 11 is 0. The van der Waals surface area contributed by atoms with Crippen LogP contribution in [0, 0.1) is 5.41 Å². The van der Waals surface area contributed by atoms with Crippen molar-refractivity contribution >= 4 is 12.4 Å². The summed E-state index contributed by atoms with van der Waals surface area (Å²) in [5.74, 6) is 0. The minimum absolute atomic E-state index is 0.125. The molecule has 0 aromatic rings. The predicted octanol–water partition coefficient (Wildman–Crippen LogP) is 2.34. The molecule has 2 aliphatic rings. The molecule has 1 atom stereocenters. The van der Waals surface area contributed by atoms with E-state index in [4.69, 9.17) is 9.47 Å². The van der Waals surface area contributed by atoms with Gasteiger partial charge in [-0.1, -0.05) is 6.42 Å². The lowest BCUT2D eigenvalue weighted by atomic mass is 9.62. The van der Waals surface area contributed by atoms with Gasteiger partial charge in [-0.05, 0) is 33.6 Å². The SMILES string of the molecule is CC(C)(C)OC(=O)N1CC2(CCC2)C1OCCC=O. The number of likely N-dealkylation sites (tertiary alicyclic amines) is 1. The quantitative estimate of drug-likeness (QED) is 0.580. The molecule has 1 aliphatic carbocycles. The highest BCUT2D eigenvalue weighted by molar-refractivity contribution is 5.70. The summed E-state index contributed by atoms with van der Waals surface area (Å²) in [6.45, 7) is 6.65. The molecule has 1 heterocycles. The number of nitrogens with zero attached hydrogens (tertiary/aromatic N) is 1. The molecule has 0 bridgehead atoms. The molecule has 19 heavy (non-hydrogen) atoms. The summed E-state index contributed by atoms with van der Waals surface area (Å²) in [5, 5.41) is 0. The number of ether oxygens (including phenoxy) is 2. The third-order valence-electron chi connectivity index (χ3n) is 3.78. The van der Waals surface area contributed by atoms with Crippen molar-refractivity contribution in [2.24, 2.45) is 5.41 Å². The predicted molar refractivity (Wildman–Crippen MR) is 69.6 cm³/mol. The van der Waals surface area contributed by atoms with E-state index in [-0.39, 0.29) is 17.7 Å². The fraction of sp³-hybridized carbons (Fsp3) is 0.857. The lowest BCUT2D eigenvalue weighted by Crippen LogP contribution is -2.70. The fourth-order valence-corrected chi connectivity index (χ4v) is 2.73. The highest BCUT2D eigenvalue weighted by Crippen LogP contribution is 2.53. The smallest absolute Gasteiger partial charge is 0.412 e. The number of carbonyl (C=O) groups excluding carboxylic acids is 2. The number of rotatable bonds is 4. The highest BCUT2D eigenvalue weighted by atomic mass is 16.6. The van der Waals surface area contributed by atoms with Crippen molar-refractivity contribution in [3.63, 3.8) is 0 Å². The Balaban J connectivity index is 1.93. The molecule has 1 amide bonds. The van der Waals surface area contributed by atoms with Crippen LogP contribution in [0.5, 0.6) is 0 Å². The Morgan fingerprint density at radius 3 is 2.58 bits per heavy atom. The Bertz CT molecular complexity index is 357. The third-order valence-corrected chi connectivity index (χ3v) is 3.78. The van der Waals surface area contributed by atoms with Gasteiger partial charge in [0.05, 0.1) is 6.61 Å². The van der Waals surface area contributed by atoms with Crippen molar-refractivity contribution in [2.75, 3.05) is 13.2 Å². The van der Waals surface area contributed by atoms with Crippen LogP contribution in [0.25, 0.3) is 0 Å². The summed E-state index contributed by atoms with van der Waals surface area (Å²) in [5.41, 5.74) is -0.368. The van der Waals surface area contributed by atoms with Gasteiger partial charge in [-0.2, -0.15) is 0 Å². The van der Waals surface area contributed by atoms with E-state index in [0.717, 1.165) is 19.1 Å². The van der Waals surface area contributed by atoms with Gasteiger partial charge in [0.1, 0.15) is 18.1 Å². The van der Waals surface area contributed by atoms with Gasteiger partial charge < -0.3 is 14.3 Å². The zero-order valence-electron chi connectivity index (χ0n) is 12.0.